The number of sulfone groups is 1. The number of rotatable bonds is 7. The van der Waals surface area contributed by atoms with Crippen LogP contribution in [0.1, 0.15) is 23.6 Å². The summed E-state index contributed by atoms with van der Waals surface area (Å²) in [6, 6.07) is 11.2. The third kappa shape index (κ3) is 4.61. The molecule has 0 aliphatic carbocycles. The number of anilines is 1. The lowest BCUT2D eigenvalue weighted by Gasteiger charge is -2.16. The molecule has 0 aliphatic heterocycles. The zero-order chi connectivity index (χ0) is 23.7. The number of nitrogens with one attached hydrogen (secondary N) is 1. The summed E-state index contributed by atoms with van der Waals surface area (Å²) in [7, 11) is -5.68. The Morgan fingerprint density at radius 1 is 0.906 bits per heavy atom. The van der Waals surface area contributed by atoms with Gasteiger partial charge in [0.05, 0.1) is 23.5 Å². The zero-order valence-corrected chi connectivity index (χ0v) is 20.1. The second-order valence-electron chi connectivity index (χ2n) is 7.32. The highest BCUT2D eigenvalue weighted by Crippen LogP contribution is 2.32. The van der Waals surface area contributed by atoms with Gasteiger partial charge < -0.3 is 4.74 Å². The first kappa shape index (κ1) is 23.7. The van der Waals surface area contributed by atoms with Crippen LogP contribution in [0.4, 0.5) is 5.69 Å². The second kappa shape index (κ2) is 8.87. The van der Waals surface area contributed by atoms with Crippen molar-refractivity contribution in [2.75, 3.05) is 17.6 Å². The quantitative estimate of drug-likeness (QED) is 0.554. The first-order valence-electron chi connectivity index (χ1n) is 9.84. The summed E-state index contributed by atoms with van der Waals surface area (Å²) < 4.78 is 57.7. The van der Waals surface area contributed by atoms with Gasteiger partial charge in [0.2, 0.25) is 0 Å². The Morgan fingerprint density at radius 2 is 1.56 bits per heavy atom. The number of nitrogens with zero attached hydrogens (tertiary/aromatic N) is 2. The molecule has 3 rings (SSSR count). The Kier molecular flexibility index (Phi) is 6.56. The monoisotopic (exact) mass is 475 g/mol. The summed E-state index contributed by atoms with van der Waals surface area (Å²) in [6.07, 6.45) is 0. The second-order valence-corrected chi connectivity index (χ2v) is 11.2. The van der Waals surface area contributed by atoms with Crippen molar-refractivity contribution in [2.45, 2.75) is 37.6 Å². The molecule has 0 radical (unpaired) electrons. The van der Waals surface area contributed by atoms with Crippen LogP contribution in [0.15, 0.2) is 52.4 Å². The molecule has 0 spiro atoms. The first-order valence-corrected chi connectivity index (χ1v) is 13.0. The molecular formula is C22H25N3O5S2. The van der Waals surface area contributed by atoms with Gasteiger partial charge in [0, 0.05) is 11.3 Å². The van der Waals surface area contributed by atoms with Crippen molar-refractivity contribution in [2.24, 2.45) is 0 Å². The SMILES string of the molecule is CCS(=O)(=O)c1ccc(-c2ccc(NS(=O)(=O)c3cc(C)c(OC)c(C)c3C)cc2)nn1. The van der Waals surface area contributed by atoms with Crippen LogP contribution in [0.25, 0.3) is 11.3 Å². The van der Waals surface area contributed by atoms with E-state index in [0.717, 1.165) is 11.1 Å². The van der Waals surface area contributed by atoms with Gasteiger partial charge in [-0.2, -0.15) is 0 Å². The number of methoxy groups -OCH3 is 1. The van der Waals surface area contributed by atoms with E-state index in [4.69, 9.17) is 4.74 Å². The highest BCUT2D eigenvalue weighted by molar-refractivity contribution is 7.92. The largest absolute Gasteiger partial charge is 0.496 e. The Labute approximate surface area is 188 Å². The first-order chi connectivity index (χ1) is 15.0. The van der Waals surface area contributed by atoms with Crippen molar-refractivity contribution >= 4 is 25.5 Å². The van der Waals surface area contributed by atoms with Gasteiger partial charge in [-0.25, -0.2) is 16.8 Å². The van der Waals surface area contributed by atoms with Gasteiger partial charge in [0.25, 0.3) is 10.0 Å². The summed E-state index contributed by atoms with van der Waals surface area (Å²) in [5.41, 5.74) is 3.67. The van der Waals surface area contributed by atoms with E-state index in [9.17, 15) is 16.8 Å². The number of benzene rings is 2. The third-order valence-corrected chi connectivity index (χ3v) is 8.37. The van der Waals surface area contributed by atoms with E-state index in [0.29, 0.717) is 28.3 Å². The van der Waals surface area contributed by atoms with Crippen LogP contribution in [0.3, 0.4) is 0 Å². The molecule has 0 amide bonds. The van der Waals surface area contributed by atoms with Crippen molar-refractivity contribution in [1.29, 1.82) is 0 Å². The van der Waals surface area contributed by atoms with Crippen LogP contribution in [-0.4, -0.2) is 39.9 Å². The van der Waals surface area contributed by atoms with Gasteiger partial charge in [0.15, 0.2) is 14.9 Å². The molecule has 1 N–H and O–H groups in total. The minimum absolute atomic E-state index is 0.0530. The molecule has 8 nitrogen and oxygen atoms in total. The van der Waals surface area contributed by atoms with Gasteiger partial charge >= 0.3 is 0 Å². The smallest absolute Gasteiger partial charge is 0.262 e. The minimum atomic E-state index is -3.82. The molecule has 170 valence electrons. The molecule has 1 heterocycles. The fourth-order valence-electron chi connectivity index (χ4n) is 3.32. The summed E-state index contributed by atoms with van der Waals surface area (Å²) >= 11 is 0. The molecule has 1 aromatic heterocycles. The Balaban J connectivity index is 1.86. The number of ether oxygens (including phenoxy) is 1. The van der Waals surface area contributed by atoms with Gasteiger partial charge in [-0.3, -0.25) is 4.72 Å². The van der Waals surface area contributed by atoms with E-state index >= 15 is 0 Å². The lowest BCUT2D eigenvalue weighted by Crippen LogP contribution is -2.15. The van der Waals surface area contributed by atoms with Gasteiger partial charge in [-0.1, -0.05) is 19.1 Å². The number of hydrogen-bond donors (Lipinski definition) is 1. The van der Waals surface area contributed by atoms with E-state index < -0.39 is 19.9 Å². The molecule has 3 aromatic rings. The molecule has 0 aliphatic rings. The van der Waals surface area contributed by atoms with Crippen LogP contribution in [0.2, 0.25) is 0 Å². The van der Waals surface area contributed by atoms with Crippen LogP contribution in [0, 0.1) is 20.8 Å². The molecule has 0 unspecified atom stereocenters. The van der Waals surface area contributed by atoms with Crippen molar-refractivity contribution in [3.63, 3.8) is 0 Å². The molecule has 2 aromatic carbocycles. The average Bonchev–Trinajstić information content (AvgIpc) is 2.77. The van der Waals surface area contributed by atoms with E-state index in [-0.39, 0.29) is 15.7 Å². The van der Waals surface area contributed by atoms with Crippen molar-refractivity contribution in [1.82, 2.24) is 10.2 Å². The van der Waals surface area contributed by atoms with Crippen molar-refractivity contribution in [3.8, 4) is 17.0 Å². The van der Waals surface area contributed by atoms with Crippen LogP contribution >= 0.6 is 0 Å². The van der Waals surface area contributed by atoms with Crippen LogP contribution in [0.5, 0.6) is 5.75 Å². The highest BCUT2D eigenvalue weighted by Gasteiger charge is 2.21. The maximum Gasteiger partial charge on any atom is 0.262 e. The van der Waals surface area contributed by atoms with Gasteiger partial charge in [-0.15, -0.1) is 10.2 Å². The lowest BCUT2D eigenvalue weighted by atomic mass is 10.1. The molecule has 0 bridgehead atoms. The summed E-state index contributed by atoms with van der Waals surface area (Å²) in [6.45, 7) is 6.92. The molecule has 0 fully saturated rings. The fraction of sp³-hybridized carbons (Fsp3) is 0.273. The number of aromatic nitrogens is 2. The summed E-state index contributed by atoms with van der Waals surface area (Å²) in [5, 5.41) is 7.71. The molecule has 0 atom stereocenters. The van der Waals surface area contributed by atoms with Gasteiger partial charge in [0.1, 0.15) is 5.75 Å². The van der Waals surface area contributed by atoms with E-state index in [1.54, 1.807) is 64.3 Å². The van der Waals surface area contributed by atoms with Crippen LogP contribution < -0.4 is 9.46 Å². The standard InChI is InChI=1S/C22H25N3O5S2/c1-6-31(26,27)21-12-11-19(23-24-21)17-7-9-18(10-8-17)25-32(28,29)20-13-14(2)22(30-5)16(4)15(20)3/h7-13,25H,6H2,1-5H3. The number of sulfonamides is 1. The fourth-order valence-corrected chi connectivity index (χ4v) is 5.50. The molecule has 32 heavy (non-hydrogen) atoms. The Hall–Kier alpha value is -2.98. The predicted octanol–water partition coefficient (Wildman–Crippen LogP) is 3.67. The Morgan fingerprint density at radius 3 is 2.09 bits per heavy atom. The normalized spacial score (nSPS) is 11.9. The van der Waals surface area contributed by atoms with Crippen molar-refractivity contribution < 1.29 is 21.6 Å². The van der Waals surface area contributed by atoms with E-state index in [1.165, 1.54) is 6.07 Å². The maximum absolute atomic E-state index is 13.0. The Bertz CT molecular complexity index is 1350. The number of aryl methyl sites for hydroxylation is 1. The molecular weight excluding hydrogens is 450 g/mol. The molecule has 0 saturated carbocycles. The lowest BCUT2D eigenvalue weighted by molar-refractivity contribution is 0.407. The third-order valence-electron chi connectivity index (χ3n) is 5.24. The summed E-state index contributed by atoms with van der Waals surface area (Å²) in [5.74, 6) is 0.618. The highest BCUT2D eigenvalue weighted by atomic mass is 32.2. The van der Waals surface area contributed by atoms with E-state index in [1.807, 2.05) is 6.92 Å². The average molecular weight is 476 g/mol. The molecule has 10 heteroatoms. The topological polar surface area (TPSA) is 115 Å². The number of hydrogen-bond acceptors (Lipinski definition) is 7. The van der Waals surface area contributed by atoms with Crippen LogP contribution in [-0.2, 0) is 19.9 Å². The molecule has 0 saturated heterocycles. The van der Waals surface area contributed by atoms with Gasteiger partial charge in [-0.05, 0) is 67.8 Å². The van der Waals surface area contributed by atoms with E-state index in [2.05, 4.69) is 14.9 Å². The summed E-state index contributed by atoms with van der Waals surface area (Å²) in [4.78, 5) is 0.191. The maximum atomic E-state index is 13.0. The predicted molar refractivity (Wildman–Crippen MR) is 123 cm³/mol. The minimum Gasteiger partial charge on any atom is -0.496 e. The van der Waals surface area contributed by atoms with Crippen molar-refractivity contribution in [3.05, 3.63) is 59.2 Å². The zero-order valence-electron chi connectivity index (χ0n) is 18.5.